The van der Waals surface area contributed by atoms with Crippen LogP contribution in [0.5, 0.6) is 0 Å². The summed E-state index contributed by atoms with van der Waals surface area (Å²) in [6, 6.07) is 12.3. The van der Waals surface area contributed by atoms with Crippen LogP contribution in [0, 0.1) is 0 Å². The van der Waals surface area contributed by atoms with Gasteiger partial charge >= 0.3 is 0 Å². The van der Waals surface area contributed by atoms with Crippen molar-refractivity contribution in [3.8, 4) is 11.3 Å². The van der Waals surface area contributed by atoms with Gasteiger partial charge in [0.15, 0.2) is 11.7 Å². The fraction of sp³-hybridized carbons (Fsp3) is 0.294. The van der Waals surface area contributed by atoms with E-state index in [1.165, 1.54) is 0 Å². The number of nitrogens with one attached hydrogen (secondary N) is 2. The molecule has 0 bridgehead atoms. The Labute approximate surface area is 153 Å². The van der Waals surface area contributed by atoms with Crippen LogP contribution in [0.4, 0.5) is 0 Å². The monoisotopic (exact) mass is 424 g/mol. The zero-order valence-electron chi connectivity index (χ0n) is 13.0. The van der Waals surface area contributed by atoms with Crippen LogP contribution in [0.1, 0.15) is 18.5 Å². The van der Waals surface area contributed by atoms with Crippen LogP contribution in [0.25, 0.3) is 11.3 Å². The summed E-state index contributed by atoms with van der Waals surface area (Å²) >= 11 is 0. The minimum atomic E-state index is 0. The summed E-state index contributed by atoms with van der Waals surface area (Å²) in [5, 5.41) is 10.8. The molecule has 1 aliphatic carbocycles. The Balaban J connectivity index is 0.00000192. The van der Waals surface area contributed by atoms with Gasteiger partial charge in [-0.25, -0.2) is 0 Å². The number of guanidine groups is 1. The van der Waals surface area contributed by atoms with Crippen molar-refractivity contribution in [2.75, 3.05) is 7.05 Å². The highest BCUT2D eigenvalue weighted by Crippen LogP contribution is 2.19. The van der Waals surface area contributed by atoms with Gasteiger partial charge in [0.1, 0.15) is 5.69 Å². The van der Waals surface area contributed by atoms with E-state index in [4.69, 9.17) is 4.52 Å². The van der Waals surface area contributed by atoms with Gasteiger partial charge in [-0.15, -0.1) is 24.0 Å². The molecule has 0 radical (unpaired) electrons. The lowest BCUT2D eigenvalue weighted by Gasteiger charge is -2.16. The fourth-order valence-electron chi connectivity index (χ4n) is 2.43. The largest absolute Gasteiger partial charge is 0.356 e. The summed E-state index contributed by atoms with van der Waals surface area (Å²) < 4.78 is 5.39. The first kappa shape index (κ1) is 17.5. The Bertz CT molecular complexity index is 658. The molecule has 122 valence electrons. The molecule has 2 aromatic rings. The standard InChI is InChI=1S/C17H20N4O.HI/c1-18-17(20-14-9-5-6-10-14)19-12-15-11-16(22-21-15)13-7-3-2-4-8-13;/h2-8,11,14H,9-10,12H2,1H3,(H2,18,19,20);1H. The van der Waals surface area contributed by atoms with E-state index in [0.717, 1.165) is 35.8 Å². The average Bonchev–Trinajstić information content (AvgIpc) is 3.24. The Hall–Kier alpha value is -1.83. The lowest BCUT2D eigenvalue weighted by Crippen LogP contribution is -2.42. The van der Waals surface area contributed by atoms with Gasteiger partial charge in [-0.05, 0) is 12.8 Å². The van der Waals surface area contributed by atoms with Gasteiger partial charge in [-0.3, -0.25) is 4.99 Å². The van der Waals surface area contributed by atoms with Crippen molar-refractivity contribution in [2.45, 2.75) is 25.4 Å². The molecule has 5 nitrogen and oxygen atoms in total. The van der Waals surface area contributed by atoms with Crippen LogP contribution in [0.15, 0.2) is 58.1 Å². The molecule has 0 unspecified atom stereocenters. The average molecular weight is 424 g/mol. The van der Waals surface area contributed by atoms with E-state index >= 15 is 0 Å². The maximum atomic E-state index is 5.39. The molecular weight excluding hydrogens is 403 g/mol. The van der Waals surface area contributed by atoms with Gasteiger partial charge in [-0.1, -0.05) is 47.6 Å². The quantitative estimate of drug-likeness (QED) is 0.342. The molecule has 0 saturated heterocycles. The van der Waals surface area contributed by atoms with Crippen LogP contribution in [0.3, 0.4) is 0 Å². The number of aromatic nitrogens is 1. The predicted molar refractivity (Wildman–Crippen MR) is 103 cm³/mol. The topological polar surface area (TPSA) is 62.5 Å². The van der Waals surface area contributed by atoms with Crippen molar-refractivity contribution in [3.05, 3.63) is 54.2 Å². The molecule has 1 aliphatic rings. The molecule has 0 fully saturated rings. The molecule has 6 heteroatoms. The molecule has 0 spiro atoms. The first-order valence-electron chi connectivity index (χ1n) is 7.48. The number of halogens is 1. The minimum absolute atomic E-state index is 0. The lowest BCUT2D eigenvalue weighted by atomic mass is 10.2. The number of nitrogens with zero attached hydrogens (tertiary/aromatic N) is 2. The van der Waals surface area contributed by atoms with Gasteiger partial charge in [0.2, 0.25) is 0 Å². The summed E-state index contributed by atoms with van der Waals surface area (Å²) in [5.41, 5.74) is 1.88. The van der Waals surface area contributed by atoms with Gasteiger partial charge in [0, 0.05) is 24.7 Å². The van der Waals surface area contributed by atoms with E-state index in [9.17, 15) is 0 Å². The molecule has 3 rings (SSSR count). The molecule has 0 saturated carbocycles. The van der Waals surface area contributed by atoms with Crippen molar-refractivity contribution in [3.63, 3.8) is 0 Å². The van der Waals surface area contributed by atoms with Gasteiger partial charge in [0.25, 0.3) is 0 Å². The molecule has 0 aliphatic heterocycles. The van der Waals surface area contributed by atoms with Crippen molar-refractivity contribution >= 4 is 29.9 Å². The van der Waals surface area contributed by atoms with Crippen LogP contribution in [-0.2, 0) is 6.54 Å². The van der Waals surface area contributed by atoms with E-state index in [1.807, 2.05) is 36.4 Å². The summed E-state index contributed by atoms with van der Waals surface area (Å²) in [4.78, 5) is 4.24. The van der Waals surface area contributed by atoms with Crippen molar-refractivity contribution in [1.29, 1.82) is 0 Å². The number of aliphatic imine (C=N–C) groups is 1. The maximum absolute atomic E-state index is 5.39. The predicted octanol–water partition coefficient (Wildman–Crippen LogP) is 3.34. The highest BCUT2D eigenvalue weighted by molar-refractivity contribution is 14.0. The van der Waals surface area contributed by atoms with Gasteiger partial charge < -0.3 is 15.2 Å². The second-order valence-electron chi connectivity index (χ2n) is 5.26. The number of hydrogen-bond donors (Lipinski definition) is 2. The molecule has 1 aromatic heterocycles. The SMILES string of the molecule is CN=C(NCc1cc(-c2ccccc2)on1)NC1CC=CC1.I. The minimum Gasteiger partial charge on any atom is -0.356 e. The molecule has 1 heterocycles. The summed E-state index contributed by atoms with van der Waals surface area (Å²) in [7, 11) is 1.77. The smallest absolute Gasteiger partial charge is 0.191 e. The van der Waals surface area contributed by atoms with Gasteiger partial charge in [0.05, 0.1) is 6.54 Å². The Morgan fingerprint density at radius 2 is 2.00 bits per heavy atom. The first-order chi connectivity index (χ1) is 10.8. The van der Waals surface area contributed by atoms with Crippen molar-refractivity contribution < 1.29 is 4.52 Å². The molecule has 0 amide bonds. The maximum Gasteiger partial charge on any atom is 0.191 e. The Morgan fingerprint density at radius 3 is 2.70 bits per heavy atom. The summed E-state index contributed by atoms with van der Waals surface area (Å²) in [5.74, 6) is 1.57. The van der Waals surface area contributed by atoms with E-state index in [0.29, 0.717) is 12.6 Å². The number of rotatable bonds is 4. The zero-order valence-corrected chi connectivity index (χ0v) is 15.4. The van der Waals surface area contributed by atoms with Crippen molar-refractivity contribution in [1.82, 2.24) is 15.8 Å². The van der Waals surface area contributed by atoms with Crippen LogP contribution in [-0.4, -0.2) is 24.2 Å². The normalized spacial score (nSPS) is 14.6. The first-order valence-corrected chi connectivity index (χ1v) is 7.48. The van der Waals surface area contributed by atoms with E-state index in [-0.39, 0.29) is 24.0 Å². The van der Waals surface area contributed by atoms with E-state index in [1.54, 1.807) is 7.05 Å². The molecule has 1 aromatic carbocycles. The summed E-state index contributed by atoms with van der Waals surface area (Å²) in [6.07, 6.45) is 6.47. The highest BCUT2D eigenvalue weighted by atomic mass is 127. The Kier molecular flexibility index (Phi) is 6.64. The third-order valence-corrected chi connectivity index (χ3v) is 3.63. The van der Waals surface area contributed by atoms with E-state index < -0.39 is 0 Å². The van der Waals surface area contributed by atoms with Crippen LogP contribution in [0.2, 0.25) is 0 Å². The van der Waals surface area contributed by atoms with Gasteiger partial charge in [-0.2, -0.15) is 0 Å². The second kappa shape index (κ2) is 8.71. The van der Waals surface area contributed by atoms with Crippen molar-refractivity contribution in [2.24, 2.45) is 4.99 Å². The highest BCUT2D eigenvalue weighted by Gasteiger charge is 2.12. The zero-order chi connectivity index (χ0) is 15.2. The number of hydrogen-bond acceptors (Lipinski definition) is 3. The number of benzene rings is 1. The molecule has 0 atom stereocenters. The summed E-state index contributed by atoms with van der Waals surface area (Å²) in [6.45, 7) is 0.580. The molecule has 2 N–H and O–H groups in total. The van der Waals surface area contributed by atoms with Crippen LogP contribution >= 0.6 is 24.0 Å². The third kappa shape index (κ3) is 4.82. The molecule has 23 heavy (non-hydrogen) atoms. The molecular formula is C17H21IN4O. The third-order valence-electron chi connectivity index (χ3n) is 3.63. The lowest BCUT2D eigenvalue weighted by molar-refractivity contribution is 0.422. The fourth-order valence-corrected chi connectivity index (χ4v) is 2.43. The second-order valence-corrected chi connectivity index (χ2v) is 5.26. The van der Waals surface area contributed by atoms with E-state index in [2.05, 4.69) is 32.9 Å². The Morgan fingerprint density at radius 1 is 1.26 bits per heavy atom. The van der Waals surface area contributed by atoms with Crippen LogP contribution < -0.4 is 10.6 Å².